The molecule has 3 saturated carbocycles. The molecule has 4 fully saturated rings. The van der Waals surface area contributed by atoms with E-state index in [-0.39, 0.29) is 28.7 Å². The van der Waals surface area contributed by atoms with Gasteiger partial charge < -0.3 is 14.2 Å². The molecule has 0 aromatic carbocycles. The third kappa shape index (κ3) is 2.45. The maximum absolute atomic E-state index is 11.4. The minimum absolute atomic E-state index is 0.0854. The molecule has 0 unspecified atom stereocenters. The van der Waals surface area contributed by atoms with Crippen molar-refractivity contribution >= 4 is 5.97 Å². The summed E-state index contributed by atoms with van der Waals surface area (Å²) in [5, 5.41) is 0. The maximum atomic E-state index is 11.4. The lowest BCUT2D eigenvalue weighted by molar-refractivity contribution is -0.242. The summed E-state index contributed by atoms with van der Waals surface area (Å²) < 4.78 is 18.1. The summed E-state index contributed by atoms with van der Waals surface area (Å²) in [4.78, 5) is 11.4. The van der Waals surface area contributed by atoms with Gasteiger partial charge in [-0.2, -0.15) is 0 Å². The summed E-state index contributed by atoms with van der Waals surface area (Å²) in [6, 6.07) is 0. The van der Waals surface area contributed by atoms with E-state index in [1.807, 2.05) is 0 Å². The predicted molar refractivity (Wildman–Crippen MR) is 102 cm³/mol. The van der Waals surface area contributed by atoms with Gasteiger partial charge in [0, 0.05) is 25.2 Å². The number of fused-ring (bicyclic) bond motifs is 6. The van der Waals surface area contributed by atoms with Crippen LogP contribution in [0.15, 0.2) is 11.6 Å². The summed E-state index contributed by atoms with van der Waals surface area (Å²) in [7, 11) is 0. The third-order valence-electron chi connectivity index (χ3n) is 9.19. The average molecular weight is 375 g/mol. The fourth-order valence-electron chi connectivity index (χ4n) is 7.85. The zero-order chi connectivity index (χ0) is 18.9. The molecule has 0 bridgehead atoms. The number of hydrogen-bond donors (Lipinski definition) is 0. The minimum Gasteiger partial charge on any atom is -0.462 e. The van der Waals surface area contributed by atoms with E-state index in [1.165, 1.54) is 32.6 Å². The molecule has 1 spiro atoms. The van der Waals surface area contributed by atoms with Gasteiger partial charge in [0.05, 0.1) is 13.2 Å². The van der Waals surface area contributed by atoms with E-state index < -0.39 is 0 Å². The predicted octanol–water partition coefficient (Wildman–Crippen LogP) is 4.62. The van der Waals surface area contributed by atoms with Gasteiger partial charge >= 0.3 is 5.97 Å². The van der Waals surface area contributed by atoms with Gasteiger partial charge in [0.2, 0.25) is 0 Å². The zero-order valence-electron chi connectivity index (χ0n) is 17.1. The first-order valence-electron chi connectivity index (χ1n) is 11.0. The zero-order valence-corrected chi connectivity index (χ0v) is 17.1. The Labute approximate surface area is 163 Å². The standard InChI is InChI=1S/C23H34O4/c1-15(24)27-17-6-9-21(2)16(14-17)4-5-18-19(21)7-10-22(3)20(18)8-11-23(22)25-12-13-26-23/h4,17-20H,5-14H2,1-3H3/t17-,18-,19+,20+,21-,22-/m0/s1. The van der Waals surface area contributed by atoms with E-state index in [1.54, 1.807) is 5.57 Å². The fourth-order valence-corrected chi connectivity index (χ4v) is 7.85. The van der Waals surface area contributed by atoms with Crippen molar-refractivity contribution in [1.82, 2.24) is 0 Å². The van der Waals surface area contributed by atoms with Gasteiger partial charge in [0.15, 0.2) is 5.79 Å². The van der Waals surface area contributed by atoms with Gasteiger partial charge in [-0.3, -0.25) is 4.79 Å². The van der Waals surface area contributed by atoms with E-state index in [2.05, 4.69) is 19.9 Å². The highest BCUT2D eigenvalue weighted by Crippen LogP contribution is 2.68. The van der Waals surface area contributed by atoms with Crippen LogP contribution < -0.4 is 0 Å². The lowest BCUT2D eigenvalue weighted by atomic mass is 9.47. The Kier molecular flexibility index (Phi) is 4.08. The van der Waals surface area contributed by atoms with E-state index in [0.717, 1.165) is 50.7 Å². The van der Waals surface area contributed by atoms with Crippen molar-refractivity contribution in [2.75, 3.05) is 13.2 Å². The van der Waals surface area contributed by atoms with Gasteiger partial charge in [0.1, 0.15) is 6.10 Å². The second-order valence-corrected chi connectivity index (χ2v) is 10.2. The Bertz CT molecular complexity index is 663. The highest BCUT2D eigenvalue weighted by Gasteiger charge is 2.66. The molecule has 5 aliphatic rings. The smallest absolute Gasteiger partial charge is 0.302 e. The molecule has 1 saturated heterocycles. The van der Waals surface area contributed by atoms with Crippen LogP contribution in [0.4, 0.5) is 0 Å². The molecular weight excluding hydrogens is 340 g/mol. The molecule has 0 aromatic heterocycles. The van der Waals surface area contributed by atoms with Gasteiger partial charge in [0.25, 0.3) is 0 Å². The highest BCUT2D eigenvalue weighted by atomic mass is 16.7. The van der Waals surface area contributed by atoms with Crippen LogP contribution in [0.2, 0.25) is 0 Å². The van der Waals surface area contributed by atoms with Crippen molar-refractivity contribution in [3.05, 3.63) is 11.6 Å². The molecule has 5 rings (SSSR count). The summed E-state index contributed by atoms with van der Waals surface area (Å²) in [6.45, 7) is 8.00. The second-order valence-electron chi connectivity index (χ2n) is 10.2. The number of hydrogen-bond acceptors (Lipinski definition) is 4. The lowest BCUT2D eigenvalue weighted by Gasteiger charge is -2.58. The van der Waals surface area contributed by atoms with E-state index in [4.69, 9.17) is 14.2 Å². The number of allylic oxidation sites excluding steroid dienone is 1. The SMILES string of the molecule is CC(=O)O[C@H]1CC[C@@]2(C)C(=CC[C@H]3[C@H]2CC[C@@]2(C)[C@@H]3CCC23OCCO3)C1. The minimum atomic E-state index is -0.305. The molecule has 0 aromatic rings. The number of rotatable bonds is 1. The highest BCUT2D eigenvalue weighted by molar-refractivity contribution is 5.66. The molecule has 0 radical (unpaired) electrons. The number of ether oxygens (including phenoxy) is 3. The van der Waals surface area contributed by atoms with Gasteiger partial charge in [-0.05, 0) is 61.7 Å². The average Bonchev–Trinajstić information content (AvgIpc) is 3.21. The van der Waals surface area contributed by atoms with Crippen LogP contribution in [0.25, 0.3) is 0 Å². The van der Waals surface area contributed by atoms with Gasteiger partial charge in [-0.1, -0.05) is 25.5 Å². The van der Waals surface area contributed by atoms with Crippen molar-refractivity contribution < 1.29 is 19.0 Å². The second kappa shape index (κ2) is 6.06. The largest absolute Gasteiger partial charge is 0.462 e. The Balaban J connectivity index is 1.41. The molecule has 4 heteroatoms. The molecule has 1 aliphatic heterocycles. The molecule has 0 amide bonds. The van der Waals surface area contributed by atoms with Crippen molar-refractivity contribution in [2.45, 2.75) is 84.0 Å². The number of carbonyl (C=O) groups excluding carboxylic acids is 1. The third-order valence-corrected chi connectivity index (χ3v) is 9.19. The molecule has 4 aliphatic carbocycles. The number of esters is 1. The molecule has 0 N–H and O–H groups in total. The molecule has 6 atom stereocenters. The topological polar surface area (TPSA) is 44.8 Å². The van der Waals surface area contributed by atoms with E-state index >= 15 is 0 Å². The number of carbonyl (C=O) groups is 1. The van der Waals surface area contributed by atoms with E-state index in [0.29, 0.717) is 5.92 Å². The van der Waals surface area contributed by atoms with Crippen molar-refractivity contribution in [3.8, 4) is 0 Å². The summed E-state index contributed by atoms with van der Waals surface area (Å²) in [5.74, 6) is 1.76. The Morgan fingerprint density at radius 1 is 1.07 bits per heavy atom. The fraction of sp³-hybridized carbons (Fsp3) is 0.870. The molecular formula is C23H34O4. The van der Waals surface area contributed by atoms with Crippen LogP contribution in [-0.4, -0.2) is 31.1 Å². The normalized spacial score (nSPS) is 47.7. The first-order valence-corrected chi connectivity index (χ1v) is 11.0. The summed E-state index contributed by atoms with van der Waals surface area (Å²) >= 11 is 0. The van der Waals surface area contributed by atoms with Crippen LogP contribution in [0.1, 0.15) is 72.1 Å². The van der Waals surface area contributed by atoms with Crippen LogP contribution >= 0.6 is 0 Å². The summed E-state index contributed by atoms with van der Waals surface area (Å²) in [5.41, 5.74) is 2.01. The Hall–Kier alpha value is -0.870. The maximum Gasteiger partial charge on any atom is 0.302 e. The quantitative estimate of drug-likeness (QED) is 0.496. The van der Waals surface area contributed by atoms with Crippen LogP contribution in [0.3, 0.4) is 0 Å². The van der Waals surface area contributed by atoms with Crippen molar-refractivity contribution in [3.63, 3.8) is 0 Å². The molecule has 4 nitrogen and oxygen atoms in total. The Morgan fingerprint density at radius 2 is 1.81 bits per heavy atom. The van der Waals surface area contributed by atoms with Crippen LogP contribution in [-0.2, 0) is 19.0 Å². The lowest BCUT2D eigenvalue weighted by Crippen LogP contribution is -2.55. The van der Waals surface area contributed by atoms with Gasteiger partial charge in [-0.25, -0.2) is 0 Å². The van der Waals surface area contributed by atoms with Crippen molar-refractivity contribution in [2.24, 2.45) is 28.6 Å². The van der Waals surface area contributed by atoms with Crippen LogP contribution in [0, 0.1) is 28.6 Å². The van der Waals surface area contributed by atoms with Crippen LogP contribution in [0.5, 0.6) is 0 Å². The summed E-state index contributed by atoms with van der Waals surface area (Å²) in [6.07, 6.45) is 11.7. The van der Waals surface area contributed by atoms with Gasteiger partial charge in [-0.15, -0.1) is 0 Å². The van der Waals surface area contributed by atoms with Crippen molar-refractivity contribution in [1.29, 1.82) is 0 Å². The van der Waals surface area contributed by atoms with E-state index in [9.17, 15) is 4.79 Å². The molecule has 150 valence electrons. The molecule has 1 heterocycles. The first kappa shape index (κ1) is 18.2. The monoisotopic (exact) mass is 374 g/mol. The first-order chi connectivity index (χ1) is 12.9. The molecule has 27 heavy (non-hydrogen) atoms. The Morgan fingerprint density at radius 3 is 2.56 bits per heavy atom.